The maximum atomic E-state index is 6.23. The molecule has 0 saturated carbocycles. The summed E-state index contributed by atoms with van der Waals surface area (Å²) in [5.41, 5.74) is 6.41. The summed E-state index contributed by atoms with van der Waals surface area (Å²) in [4.78, 5) is 1.04. The molecule has 2 nitrogen and oxygen atoms in total. The third kappa shape index (κ3) is 4.17. The summed E-state index contributed by atoms with van der Waals surface area (Å²) in [6, 6.07) is 12.8. The maximum Gasteiger partial charge on any atom is 0.120 e. The van der Waals surface area contributed by atoms with Crippen LogP contribution >= 0.6 is 33.4 Å². The number of nitrogens with zero attached hydrogens (tertiary/aromatic N) is 1. The lowest BCUT2D eigenvalue weighted by Gasteiger charge is -2.17. The number of ether oxygens (including phenoxy) is 1. The molecule has 2 aromatic rings. The van der Waals surface area contributed by atoms with Crippen molar-refractivity contribution in [1.82, 2.24) is 4.42 Å². The quantitative estimate of drug-likeness (QED) is 0.582. The molecule has 0 aromatic heterocycles. The molecule has 5 heteroatoms. The minimum Gasteiger partial charge on any atom is -0.497 e. The number of methoxy groups -OCH3 is 1. The van der Waals surface area contributed by atoms with Crippen LogP contribution in [-0.2, 0) is 12.8 Å². The second-order valence-corrected chi connectivity index (χ2v) is 7.76. The van der Waals surface area contributed by atoms with Gasteiger partial charge in [-0.3, -0.25) is 0 Å². The molecule has 1 aliphatic rings. The molecule has 0 radical (unpaired) electrons. The molecule has 0 atom stereocenters. The van der Waals surface area contributed by atoms with Gasteiger partial charge in [-0.05, 0) is 87.1 Å². The van der Waals surface area contributed by atoms with E-state index in [4.69, 9.17) is 27.2 Å². The minimum absolute atomic E-state index is 0.794. The highest BCUT2D eigenvalue weighted by Crippen LogP contribution is 2.42. The van der Waals surface area contributed by atoms with E-state index in [0.717, 1.165) is 36.5 Å². The third-order valence-electron chi connectivity index (χ3n) is 4.50. The highest BCUT2D eigenvalue weighted by molar-refractivity contribution is 8.21. The molecule has 0 fully saturated rings. The molecule has 0 aliphatic heterocycles. The first-order chi connectivity index (χ1) is 12.1. The molecule has 132 valence electrons. The zero-order chi connectivity index (χ0) is 17.8. The molecule has 0 saturated heterocycles. The summed E-state index contributed by atoms with van der Waals surface area (Å²) in [7, 11) is 11.1. The van der Waals surface area contributed by atoms with Crippen molar-refractivity contribution in [3.05, 3.63) is 64.7 Å². The normalized spacial score (nSPS) is 15.0. The van der Waals surface area contributed by atoms with Gasteiger partial charge in [0.25, 0.3) is 0 Å². The average molecular weight is 394 g/mol. The van der Waals surface area contributed by atoms with E-state index < -0.39 is 0 Å². The monoisotopic (exact) mass is 393 g/mol. The fraction of sp³-hybridized carbons (Fsp3) is 0.300. The van der Waals surface area contributed by atoms with E-state index in [-0.39, 0.29) is 0 Å². The fourth-order valence-corrected chi connectivity index (χ4v) is 4.27. The number of benzene rings is 2. The van der Waals surface area contributed by atoms with Gasteiger partial charge in [0, 0.05) is 24.1 Å². The zero-order valence-corrected chi connectivity index (χ0v) is 16.7. The number of hydrogen-bond donors (Lipinski definition) is 0. The van der Waals surface area contributed by atoms with Crippen LogP contribution in [-0.4, -0.2) is 25.1 Å². The molecule has 3 rings (SSSR count). The van der Waals surface area contributed by atoms with E-state index in [1.807, 2.05) is 13.1 Å². The van der Waals surface area contributed by atoms with E-state index >= 15 is 0 Å². The smallest absolute Gasteiger partial charge is 0.120 e. The molecule has 0 amide bonds. The lowest BCUT2D eigenvalue weighted by molar-refractivity contribution is 0.413. The largest absolute Gasteiger partial charge is 0.497 e. The molecule has 0 spiro atoms. The first-order valence-electron chi connectivity index (χ1n) is 8.29. The topological polar surface area (TPSA) is 12.5 Å². The Bertz CT molecular complexity index is 789. The minimum atomic E-state index is 0.794. The number of hydrogen-bond acceptors (Lipinski definition) is 3. The van der Waals surface area contributed by atoms with Crippen molar-refractivity contribution < 1.29 is 4.74 Å². The van der Waals surface area contributed by atoms with Crippen LogP contribution in [0.25, 0.3) is 5.57 Å². The SMILES string of the molecule is COc1cc2c(c(SCl)c1)/C(=C/CCN(C)Cl)c1ccccc1CC2. The lowest BCUT2D eigenvalue weighted by atomic mass is 9.93. The molecule has 0 bridgehead atoms. The Morgan fingerprint density at radius 3 is 2.68 bits per heavy atom. The molecule has 2 aromatic carbocycles. The second kappa shape index (κ2) is 8.50. The van der Waals surface area contributed by atoms with Gasteiger partial charge in [-0.25, -0.2) is 4.42 Å². The van der Waals surface area contributed by atoms with Crippen molar-refractivity contribution in [3.8, 4) is 5.75 Å². The maximum absolute atomic E-state index is 6.23. The standard InChI is InChI=1S/C20H21Cl2NOS/c1-23(21)11-5-8-18-17-7-4-3-6-14(17)9-10-15-12-16(24-2)13-19(25-22)20(15)18/h3-4,6-8,12-13H,5,9-11H2,1-2H3/b18-8+. The van der Waals surface area contributed by atoms with Crippen molar-refractivity contribution in [2.45, 2.75) is 24.2 Å². The molecule has 1 aliphatic carbocycles. The summed E-state index contributed by atoms with van der Waals surface area (Å²) in [5.74, 6) is 0.854. The Kier molecular flexibility index (Phi) is 6.34. The van der Waals surface area contributed by atoms with Gasteiger partial charge in [0.15, 0.2) is 0 Å². The summed E-state index contributed by atoms with van der Waals surface area (Å²) in [5, 5.41) is 0. The summed E-state index contributed by atoms with van der Waals surface area (Å²) >= 11 is 5.99. The lowest BCUT2D eigenvalue weighted by Crippen LogP contribution is -2.05. The third-order valence-corrected chi connectivity index (χ3v) is 5.66. The van der Waals surface area contributed by atoms with Crippen LogP contribution in [0, 0.1) is 0 Å². The summed E-state index contributed by atoms with van der Waals surface area (Å²) < 4.78 is 7.16. The van der Waals surface area contributed by atoms with Crippen LogP contribution in [0.2, 0.25) is 0 Å². The number of rotatable bonds is 5. The van der Waals surface area contributed by atoms with Crippen LogP contribution < -0.4 is 4.74 Å². The zero-order valence-electron chi connectivity index (χ0n) is 14.4. The van der Waals surface area contributed by atoms with Gasteiger partial charge < -0.3 is 4.74 Å². The van der Waals surface area contributed by atoms with E-state index in [2.05, 4.69) is 36.4 Å². The molecular formula is C20H21Cl2NOS. The van der Waals surface area contributed by atoms with Crippen LogP contribution in [0.5, 0.6) is 5.75 Å². The van der Waals surface area contributed by atoms with Gasteiger partial charge in [0.1, 0.15) is 5.75 Å². The van der Waals surface area contributed by atoms with Crippen LogP contribution in [0.15, 0.2) is 47.4 Å². The van der Waals surface area contributed by atoms with Crippen molar-refractivity contribution in [2.75, 3.05) is 20.7 Å². The molecule has 0 heterocycles. The van der Waals surface area contributed by atoms with E-state index in [9.17, 15) is 0 Å². The van der Waals surface area contributed by atoms with Gasteiger partial charge in [-0.2, -0.15) is 0 Å². The first-order valence-corrected chi connectivity index (χ1v) is 10.3. The number of aryl methyl sites for hydroxylation is 2. The van der Waals surface area contributed by atoms with Crippen molar-refractivity contribution in [3.63, 3.8) is 0 Å². The first kappa shape index (κ1) is 18.7. The number of halogens is 2. The van der Waals surface area contributed by atoms with Gasteiger partial charge in [0.05, 0.1) is 7.11 Å². The van der Waals surface area contributed by atoms with Crippen LogP contribution in [0.4, 0.5) is 0 Å². The Morgan fingerprint density at radius 2 is 1.96 bits per heavy atom. The average Bonchev–Trinajstić information content (AvgIpc) is 2.78. The Balaban J connectivity index is 2.17. The van der Waals surface area contributed by atoms with Gasteiger partial charge >= 0.3 is 0 Å². The Labute approximate surface area is 163 Å². The van der Waals surface area contributed by atoms with Crippen LogP contribution in [0.1, 0.15) is 28.7 Å². The van der Waals surface area contributed by atoms with Gasteiger partial charge in [0.2, 0.25) is 0 Å². The Morgan fingerprint density at radius 1 is 1.20 bits per heavy atom. The van der Waals surface area contributed by atoms with E-state index in [1.54, 1.807) is 11.5 Å². The predicted octanol–water partition coefficient (Wildman–Crippen LogP) is 5.95. The fourth-order valence-electron chi connectivity index (χ4n) is 3.33. The molecule has 25 heavy (non-hydrogen) atoms. The highest BCUT2D eigenvalue weighted by atomic mass is 35.7. The van der Waals surface area contributed by atoms with Gasteiger partial charge in [-0.1, -0.05) is 30.3 Å². The molecular weight excluding hydrogens is 373 g/mol. The Hall–Kier alpha value is -1.13. The number of fused-ring (bicyclic) bond motifs is 2. The predicted molar refractivity (Wildman–Crippen MR) is 109 cm³/mol. The van der Waals surface area contributed by atoms with E-state index in [1.165, 1.54) is 38.8 Å². The summed E-state index contributed by atoms with van der Waals surface area (Å²) in [6.45, 7) is 0.794. The molecule has 0 N–H and O–H groups in total. The molecule has 0 unspecified atom stereocenters. The van der Waals surface area contributed by atoms with Gasteiger partial charge in [-0.15, -0.1) is 0 Å². The van der Waals surface area contributed by atoms with Crippen molar-refractivity contribution >= 4 is 39.0 Å². The highest BCUT2D eigenvalue weighted by Gasteiger charge is 2.22. The summed E-state index contributed by atoms with van der Waals surface area (Å²) in [6.07, 6.45) is 5.14. The van der Waals surface area contributed by atoms with Crippen molar-refractivity contribution in [1.29, 1.82) is 0 Å². The van der Waals surface area contributed by atoms with Crippen molar-refractivity contribution in [2.24, 2.45) is 0 Å². The van der Waals surface area contributed by atoms with Crippen LogP contribution in [0.3, 0.4) is 0 Å². The second-order valence-electron chi connectivity index (χ2n) is 6.13. The van der Waals surface area contributed by atoms with E-state index in [0.29, 0.717) is 0 Å².